The molecule has 3 amide bonds. The Kier molecular flexibility index (Phi) is 12.4. The van der Waals surface area contributed by atoms with Crippen LogP contribution in [0.25, 0.3) is 0 Å². The van der Waals surface area contributed by atoms with Crippen molar-refractivity contribution in [2.75, 3.05) is 6.54 Å². The smallest absolute Gasteiger partial charge is 0.408 e. The van der Waals surface area contributed by atoms with E-state index < -0.39 is 23.8 Å². The van der Waals surface area contributed by atoms with Gasteiger partial charge in [0.25, 0.3) is 0 Å². The highest BCUT2D eigenvalue weighted by Gasteiger charge is 2.36. The van der Waals surface area contributed by atoms with E-state index in [0.29, 0.717) is 19.4 Å². The number of hydrogen-bond donors (Lipinski definition) is 2. The Balaban J connectivity index is 3.49. The highest BCUT2D eigenvalue weighted by atomic mass is 16.6. The number of carbonyl (C=O) groups is 3. The van der Waals surface area contributed by atoms with Gasteiger partial charge < -0.3 is 20.3 Å². The van der Waals surface area contributed by atoms with Crippen LogP contribution in [0.2, 0.25) is 0 Å². The maximum absolute atomic E-state index is 14.0. The van der Waals surface area contributed by atoms with Gasteiger partial charge in [0, 0.05) is 12.6 Å². The summed E-state index contributed by atoms with van der Waals surface area (Å²) in [6, 6.07) is 4.37. The number of hydrogen-bond acceptors (Lipinski definition) is 4. The number of aryl methyl sites for hydroxylation is 2. The lowest BCUT2D eigenvalue weighted by Gasteiger charge is -2.35. The second kappa shape index (κ2) is 14.2. The maximum atomic E-state index is 14.0. The summed E-state index contributed by atoms with van der Waals surface area (Å²) in [4.78, 5) is 42.0. The van der Waals surface area contributed by atoms with E-state index in [2.05, 4.69) is 23.6 Å². The molecular formula is C29H49N3O4. The van der Waals surface area contributed by atoms with E-state index in [1.807, 2.05) is 53.7 Å². The van der Waals surface area contributed by atoms with Gasteiger partial charge in [0.15, 0.2) is 0 Å². The molecule has 1 aromatic rings. The van der Waals surface area contributed by atoms with Crippen LogP contribution in [0.4, 0.5) is 4.79 Å². The van der Waals surface area contributed by atoms with Gasteiger partial charge in [0.2, 0.25) is 11.8 Å². The first kappa shape index (κ1) is 31.5. The van der Waals surface area contributed by atoms with Crippen LogP contribution in [0.3, 0.4) is 0 Å². The Labute approximate surface area is 218 Å². The second-order valence-corrected chi connectivity index (χ2v) is 11.4. The van der Waals surface area contributed by atoms with Crippen LogP contribution in [0.15, 0.2) is 18.2 Å². The molecule has 2 N–H and O–H groups in total. The van der Waals surface area contributed by atoms with Gasteiger partial charge in [-0.25, -0.2) is 4.79 Å². The number of amides is 3. The summed E-state index contributed by atoms with van der Waals surface area (Å²) in [5.41, 5.74) is 2.14. The lowest BCUT2D eigenvalue weighted by atomic mass is 9.96. The summed E-state index contributed by atoms with van der Waals surface area (Å²) in [6.45, 7) is 19.8. The largest absolute Gasteiger partial charge is 0.444 e. The molecule has 1 rings (SSSR count). The quantitative estimate of drug-likeness (QED) is 0.376. The zero-order valence-corrected chi connectivity index (χ0v) is 24.2. The van der Waals surface area contributed by atoms with Gasteiger partial charge in [0.1, 0.15) is 17.7 Å². The van der Waals surface area contributed by atoms with Crippen molar-refractivity contribution in [1.29, 1.82) is 0 Å². The van der Waals surface area contributed by atoms with Gasteiger partial charge in [0.05, 0.1) is 0 Å². The first-order valence-electron chi connectivity index (χ1n) is 13.4. The van der Waals surface area contributed by atoms with E-state index in [1.54, 1.807) is 25.7 Å². The Morgan fingerprint density at radius 3 is 2.00 bits per heavy atom. The molecule has 7 nitrogen and oxygen atoms in total. The highest BCUT2D eigenvalue weighted by Crippen LogP contribution is 2.26. The zero-order chi connectivity index (χ0) is 27.6. The summed E-state index contributed by atoms with van der Waals surface area (Å²) in [6.07, 6.45) is 2.27. The van der Waals surface area contributed by atoms with Crippen LogP contribution in [0.1, 0.15) is 104 Å². The van der Waals surface area contributed by atoms with Crippen molar-refractivity contribution in [2.45, 2.75) is 119 Å². The minimum Gasteiger partial charge on any atom is -0.444 e. The number of benzene rings is 1. The fraction of sp³-hybridized carbons (Fsp3) is 0.690. The highest BCUT2D eigenvalue weighted by molar-refractivity contribution is 5.92. The predicted octanol–water partition coefficient (Wildman–Crippen LogP) is 5.83. The fourth-order valence-corrected chi connectivity index (χ4v) is 4.42. The minimum absolute atomic E-state index is 0.0131. The van der Waals surface area contributed by atoms with E-state index in [-0.39, 0.29) is 23.8 Å². The fourth-order valence-electron chi connectivity index (χ4n) is 4.42. The van der Waals surface area contributed by atoms with E-state index in [4.69, 9.17) is 4.74 Å². The number of alkyl carbamates (subject to hydrolysis) is 1. The molecular weight excluding hydrogens is 454 g/mol. The third-order valence-corrected chi connectivity index (χ3v) is 5.67. The third-order valence-electron chi connectivity index (χ3n) is 5.67. The monoisotopic (exact) mass is 503 g/mol. The number of ether oxygens (including phenoxy) is 1. The molecule has 0 aliphatic carbocycles. The molecule has 204 valence electrons. The van der Waals surface area contributed by atoms with Crippen LogP contribution < -0.4 is 10.6 Å². The Morgan fingerprint density at radius 1 is 0.944 bits per heavy atom. The van der Waals surface area contributed by atoms with Crippen molar-refractivity contribution in [1.82, 2.24) is 15.5 Å². The first-order valence-corrected chi connectivity index (χ1v) is 13.4. The summed E-state index contributed by atoms with van der Waals surface area (Å²) in [5.74, 6) is -0.336. The Bertz CT molecular complexity index is 856. The second-order valence-electron chi connectivity index (χ2n) is 11.4. The topological polar surface area (TPSA) is 87.7 Å². The molecule has 0 bridgehead atoms. The summed E-state index contributed by atoms with van der Waals surface area (Å²) in [7, 11) is 0. The summed E-state index contributed by atoms with van der Waals surface area (Å²) in [5, 5.41) is 5.91. The van der Waals surface area contributed by atoms with Gasteiger partial charge in [-0.3, -0.25) is 9.59 Å². The summed E-state index contributed by atoms with van der Waals surface area (Å²) < 4.78 is 5.44. The van der Waals surface area contributed by atoms with E-state index in [1.165, 1.54) is 0 Å². The molecule has 0 saturated heterocycles. The average molecular weight is 504 g/mol. The number of nitrogens with one attached hydrogen (secondary N) is 2. The van der Waals surface area contributed by atoms with Crippen molar-refractivity contribution >= 4 is 17.9 Å². The number of rotatable bonds is 12. The molecule has 0 aliphatic rings. The SMILES string of the molecule is CCCC(C)NC(=O)C(c1cc(C)cc(C)c1)N(CCC)C(=O)C(CC(C)C)NC(=O)OC(C)(C)C. The Morgan fingerprint density at radius 2 is 1.53 bits per heavy atom. The molecule has 1 aromatic carbocycles. The molecule has 0 fully saturated rings. The summed E-state index contributed by atoms with van der Waals surface area (Å²) >= 11 is 0. The van der Waals surface area contributed by atoms with Crippen molar-refractivity contribution in [2.24, 2.45) is 5.92 Å². The van der Waals surface area contributed by atoms with Crippen LogP contribution in [0, 0.1) is 19.8 Å². The van der Waals surface area contributed by atoms with Gasteiger partial charge in [-0.15, -0.1) is 0 Å². The molecule has 3 unspecified atom stereocenters. The lowest BCUT2D eigenvalue weighted by Crippen LogP contribution is -2.54. The number of carbonyl (C=O) groups excluding carboxylic acids is 3. The Hall–Kier alpha value is -2.57. The molecule has 0 spiro atoms. The van der Waals surface area contributed by atoms with Crippen LogP contribution in [-0.4, -0.2) is 47.0 Å². The first-order chi connectivity index (χ1) is 16.7. The minimum atomic E-state index is -0.805. The van der Waals surface area contributed by atoms with E-state index in [9.17, 15) is 14.4 Å². The third kappa shape index (κ3) is 10.6. The maximum Gasteiger partial charge on any atom is 0.408 e. The molecule has 3 atom stereocenters. The molecule has 7 heteroatoms. The lowest BCUT2D eigenvalue weighted by molar-refractivity contribution is -0.143. The van der Waals surface area contributed by atoms with Gasteiger partial charge >= 0.3 is 6.09 Å². The molecule has 36 heavy (non-hydrogen) atoms. The average Bonchev–Trinajstić information content (AvgIpc) is 2.70. The van der Waals surface area contributed by atoms with E-state index >= 15 is 0 Å². The normalized spacial score (nSPS) is 14.1. The molecule has 0 saturated carbocycles. The van der Waals surface area contributed by atoms with Crippen molar-refractivity contribution in [3.8, 4) is 0 Å². The molecule has 0 aliphatic heterocycles. The van der Waals surface area contributed by atoms with Crippen LogP contribution in [-0.2, 0) is 14.3 Å². The van der Waals surface area contributed by atoms with Gasteiger partial charge in [-0.2, -0.15) is 0 Å². The standard InChI is InChI=1S/C29H49N3O4/c1-11-13-22(7)30-26(33)25(23-17-20(5)16-21(6)18-23)32(14-12-2)27(34)24(15-19(3)4)31-28(35)36-29(8,9)10/h16-19,22,24-25H,11-15H2,1-10H3,(H,30,33)(H,31,35). The molecule has 0 aromatic heterocycles. The van der Waals surface area contributed by atoms with Crippen LogP contribution in [0.5, 0.6) is 0 Å². The number of nitrogens with zero attached hydrogens (tertiary/aromatic N) is 1. The zero-order valence-electron chi connectivity index (χ0n) is 24.2. The van der Waals surface area contributed by atoms with Crippen molar-refractivity contribution in [3.63, 3.8) is 0 Å². The van der Waals surface area contributed by atoms with Gasteiger partial charge in [-0.05, 0) is 72.3 Å². The van der Waals surface area contributed by atoms with Gasteiger partial charge in [-0.1, -0.05) is 63.4 Å². The molecule has 0 radical (unpaired) electrons. The predicted molar refractivity (Wildman–Crippen MR) is 146 cm³/mol. The van der Waals surface area contributed by atoms with Crippen LogP contribution >= 0.6 is 0 Å². The van der Waals surface area contributed by atoms with E-state index in [0.717, 1.165) is 29.5 Å². The van der Waals surface area contributed by atoms with Crippen molar-refractivity contribution in [3.05, 3.63) is 34.9 Å². The van der Waals surface area contributed by atoms with Crippen molar-refractivity contribution < 1.29 is 19.1 Å². The molecule has 0 heterocycles.